The van der Waals surface area contributed by atoms with Crippen LogP contribution in [0.1, 0.15) is 61.8 Å². The van der Waals surface area contributed by atoms with Crippen LogP contribution >= 0.6 is 0 Å². The zero-order valence-electron chi connectivity index (χ0n) is 18.3. The lowest BCUT2D eigenvalue weighted by Crippen LogP contribution is -2.33. The number of carbonyl (C=O) groups is 2. The first kappa shape index (κ1) is 23.1. The summed E-state index contributed by atoms with van der Waals surface area (Å²) in [4.78, 5) is 23.8. The summed E-state index contributed by atoms with van der Waals surface area (Å²) < 4.78 is 0. The molecule has 4 heteroatoms. The zero-order valence-corrected chi connectivity index (χ0v) is 18.3. The predicted molar refractivity (Wildman–Crippen MR) is 125 cm³/mol. The molecule has 0 unspecified atom stereocenters. The molecule has 0 atom stereocenters. The van der Waals surface area contributed by atoms with E-state index in [1.54, 1.807) is 12.2 Å². The second-order valence-corrected chi connectivity index (χ2v) is 7.89. The molecule has 0 radical (unpaired) electrons. The quantitative estimate of drug-likeness (QED) is 0.462. The smallest absolute Gasteiger partial charge is 0.244 e. The lowest BCUT2D eigenvalue weighted by atomic mass is 10.0. The van der Waals surface area contributed by atoms with Gasteiger partial charge in [0.15, 0.2) is 0 Å². The average molecular weight is 405 g/mol. The van der Waals surface area contributed by atoms with E-state index >= 15 is 0 Å². The van der Waals surface area contributed by atoms with Gasteiger partial charge >= 0.3 is 0 Å². The van der Waals surface area contributed by atoms with Crippen LogP contribution in [0.5, 0.6) is 0 Å². The average Bonchev–Trinajstić information content (AvgIpc) is 2.74. The highest BCUT2D eigenvalue weighted by molar-refractivity contribution is 5.92. The minimum absolute atomic E-state index is 0.182. The van der Waals surface area contributed by atoms with Crippen LogP contribution in [0, 0.1) is 0 Å². The molecule has 4 nitrogen and oxygen atoms in total. The molecule has 0 saturated carbocycles. The van der Waals surface area contributed by atoms with Gasteiger partial charge in [0, 0.05) is 25.2 Å². The predicted octanol–water partition coefficient (Wildman–Crippen LogP) is 4.89. The second-order valence-electron chi connectivity index (χ2n) is 7.89. The number of hydrogen-bond acceptors (Lipinski definition) is 2. The Hall–Kier alpha value is -3.14. The third kappa shape index (κ3) is 8.08. The topological polar surface area (TPSA) is 58.2 Å². The Balaban J connectivity index is 1.68. The molecule has 0 spiro atoms. The SMILES string of the molecule is CC(C)c1ccc(/C=C\C(=O)NCCNC(=O)/C=C\c2ccc(C(C)C)cc2)cc1. The Kier molecular flexibility index (Phi) is 9.07. The molecule has 0 heterocycles. The summed E-state index contributed by atoms with van der Waals surface area (Å²) in [6.45, 7) is 9.35. The largest absolute Gasteiger partial charge is 0.351 e. The Morgan fingerprint density at radius 3 is 1.30 bits per heavy atom. The van der Waals surface area contributed by atoms with Gasteiger partial charge in [-0.05, 0) is 46.2 Å². The van der Waals surface area contributed by atoms with Gasteiger partial charge in [0.25, 0.3) is 0 Å². The van der Waals surface area contributed by atoms with Crippen molar-refractivity contribution in [2.24, 2.45) is 0 Å². The van der Waals surface area contributed by atoms with Crippen molar-refractivity contribution in [1.29, 1.82) is 0 Å². The van der Waals surface area contributed by atoms with E-state index in [-0.39, 0.29) is 11.8 Å². The third-order valence-corrected chi connectivity index (χ3v) is 4.78. The first-order valence-corrected chi connectivity index (χ1v) is 10.5. The lowest BCUT2D eigenvalue weighted by Gasteiger charge is -2.05. The summed E-state index contributed by atoms with van der Waals surface area (Å²) in [6.07, 6.45) is 6.58. The molecular formula is C26H32N2O2. The van der Waals surface area contributed by atoms with E-state index in [0.717, 1.165) is 11.1 Å². The first-order valence-electron chi connectivity index (χ1n) is 10.5. The number of nitrogens with one attached hydrogen (secondary N) is 2. The fraction of sp³-hybridized carbons (Fsp3) is 0.308. The minimum Gasteiger partial charge on any atom is -0.351 e. The number of amides is 2. The summed E-state index contributed by atoms with van der Waals surface area (Å²) in [7, 11) is 0. The van der Waals surface area contributed by atoms with Gasteiger partial charge in [0.05, 0.1) is 0 Å². The van der Waals surface area contributed by atoms with Crippen molar-refractivity contribution in [1.82, 2.24) is 10.6 Å². The van der Waals surface area contributed by atoms with Gasteiger partial charge in [-0.15, -0.1) is 0 Å². The van der Waals surface area contributed by atoms with Crippen LogP contribution in [0.4, 0.5) is 0 Å². The molecule has 2 aromatic rings. The molecule has 0 saturated heterocycles. The molecule has 2 aromatic carbocycles. The van der Waals surface area contributed by atoms with Crippen molar-refractivity contribution >= 4 is 24.0 Å². The van der Waals surface area contributed by atoms with E-state index in [1.165, 1.54) is 23.3 Å². The van der Waals surface area contributed by atoms with E-state index in [2.05, 4.69) is 62.6 Å². The maximum Gasteiger partial charge on any atom is 0.244 e. The molecule has 2 rings (SSSR count). The van der Waals surface area contributed by atoms with Crippen LogP contribution < -0.4 is 10.6 Å². The summed E-state index contributed by atoms with van der Waals surface area (Å²) >= 11 is 0. The molecule has 0 fully saturated rings. The standard InChI is InChI=1S/C26H32N2O2/c1-19(2)23-11-5-21(6-12-23)9-15-25(29)27-17-18-28-26(30)16-10-22-7-13-24(14-8-22)20(3)4/h5-16,19-20H,17-18H2,1-4H3,(H,27,29)(H,28,30)/b15-9-,16-10-. The molecular weight excluding hydrogens is 372 g/mol. The summed E-state index contributed by atoms with van der Waals surface area (Å²) in [5, 5.41) is 5.53. The van der Waals surface area contributed by atoms with Crippen molar-refractivity contribution in [2.45, 2.75) is 39.5 Å². The number of rotatable bonds is 9. The molecule has 30 heavy (non-hydrogen) atoms. The third-order valence-electron chi connectivity index (χ3n) is 4.78. The minimum atomic E-state index is -0.182. The first-order chi connectivity index (χ1) is 14.3. The highest BCUT2D eigenvalue weighted by atomic mass is 16.2. The van der Waals surface area contributed by atoms with Gasteiger partial charge in [-0.3, -0.25) is 9.59 Å². The molecule has 0 aromatic heterocycles. The lowest BCUT2D eigenvalue weighted by molar-refractivity contribution is -0.118. The van der Waals surface area contributed by atoms with Crippen molar-refractivity contribution in [3.8, 4) is 0 Å². The maximum absolute atomic E-state index is 11.9. The number of hydrogen-bond donors (Lipinski definition) is 2. The maximum atomic E-state index is 11.9. The van der Waals surface area contributed by atoms with Crippen molar-refractivity contribution in [3.05, 3.63) is 82.9 Å². The van der Waals surface area contributed by atoms with E-state index < -0.39 is 0 Å². The Morgan fingerprint density at radius 2 is 1.00 bits per heavy atom. The van der Waals surface area contributed by atoms with E-state index in [4.69, 9.17) is 0 Å². The molecule has 2 N–H and O–H groups in total. The number of benzene rings is 2. The van der Waals surface area contributed by atoms with Crippen molar-refractivity contribution in [3.63, 3.8) is 0 Å². The van der Waals surface area contributed by atoms with Crippen LogP contribution in [0.3, 0.4) is 0 Å². The van der Waals surface area contributed by atoms with E-state index in [1.807, 2.05) is 24.3 Å². The monoisotopic (exact) mass is 404 g/mol. The van der Waals surface area contributed by atoms with Crippen molar-refractivity contribution < 1.29 is 9.59 Å². The van der Waals surface area contributed by atoms with Crippen LogP contribution in [0.25, 0.3) is 12.2 Å². The Bertz CT molecular complexity index is 801. The Morgan fingerprint density at radius 1 is 0.667 bits per heavy atom. The zero-order chi connectivity index (χ0) is 21.9. The van der Waals surface area contributed by atoms with Gasteiger partial charge in [0.2, 0.25) is 11.8 Å². The Labute approximate surface area is 180 Å². The molecule has 158 valence electrons. The number of carbonyl (C=O) groups excluding carboxylic acids is 2. The fourth-order valence-electron chi connectivity index (χ4n) is 2.82. The van der Waals surface area contributed by atoms with Crippen molar-refractivity contribution in [2.75, 3.05) is 13.1 Å². The fourth-order valence-corrected chi connectivity index (χ4v) is 2.82. The van der Waals surface area contributed by atoms with Crippen LogP contribution in [0.15, 0.2) is 60.7 Å². The van der Waals surface area contributed by atoms with Gasteiger partial charge in [-0.1, -0.05) is 76.2 Å². The highest BCUT2D eigenvalue weighted by Crippen LogP contribution is 2.16. The van der Waals surface area contributed by atoms with E-state index in [0.29, 0.717) is 24.9 Å². The second kappa shape index (κ2) is 11.8. The van der Waals surface area contributed by atoms with Crippen LogP contribution in [-0.4, -0.2) is 24.9 Å². The molecule has 2 amide bonds. The highest BCUT2D eigenvalue weighted by Gasteiger charge is 2.00. The molecule has 0 bridgehead atoms. The molecule has 0 aliphatic heterocycles. The van der Waals surface area contributed by atoms with E-state index in [9.17, 15) is 9.59 Å². The van der Waals surface area contributed by atoms with Crippen LogP contribution in [0.2, 0.25) is 0 Å². The summed E-state index contributed by atoms with van der Waals surface area (Å²) in [5.41, 5.74) is 4.51. The van der Waals surface area contributed by atoms with Crippen LogP contribution in [-0.2, 0) is 9.59 Å². The summed E-state index contributed by atoms with van der Waals surface area (Å²) in [6, 6.07) is 16.3. The molecule has 0 aliphatic rings. The normalized spacial score (nSPS) is 11.5. The van der Waals surface area contributed by atoms with Gasteiger partial charge in [0.1, 0.15) is 0 Å². The van der Waals surface area contributed by atoms with Gasteiger partial charge < -0.3 is 10.6 Å². The van der Waals surface area contributed by atoms with Gasteiger partial charge in [-0.2, -0.15) is 0 Å². The van der Waals surface area contributed by atoms with Gasteiger partial charge in [-0.25, -0.2) is 0 Å². The summed E-state index contributed by atoms with van der Waals surface area (Å²) in [5.74, 6) is 0.611. The molecule has 0 aliphatic carbocycles.